The van der Waals surface area contributed by atoms with Crippen LogP contribution in [0.2, 0.25) is 5.02 Å². The second kappa shape index (κ2) is 7.72. The molecule has 2 N–H and O–H groups in total. The maximum atomic E-state index is 13.8. The number of para-hydroxylation sites is 2. The molecule has 3 aromatic rings. The van der Waals surface area contributed by atoms with Crippen molar-refractivity contribution < 1.29 is 9.18 Å². The number of carbonyl (C=O) groups is 1. The van der Waals surface area contributed by atoms with Gasteiger partial charge in [0.2, 0.25) is 5.91 Å². The van der Waals surface area contributed by atoms with Gasteiger partial charge in [0.15, 0.2) is 5.43 Å². The number of aromatic nitrogens is 1. The van der Waals surface area contributed by atoms with Crippen molar-refractivity contribution in [1.29, 1.82) is 0 Å². The zero-order valence-corrected chi connectivity index (χ0v) is 14.6. The van der Waals surface area contributed by atoms with Gasteiger partial charge in [-0.15, -0.1) is 11.8 Å². The average molecular weight is 377 g/mol. The molecular weight excluding hydrogens is 363 g/mol. The molecule has 0 aliphatic carbocycles. The molecule has 0 atom stereocenters. The van der Waals surface area contributed by atoms with Crippen LogP contribution in [0.3, 0.4) is 0 Å². The summed E-state index contributed by atoms with van der Waals surface area (Å²) in [5.41, 5.74) is 1.06. The third-order valence-corrected chi connectivity index (χ3v) is 4.82. The summed E-state index contributed by atoms with van der Waals surface area (Å²) < 4.78 is 13.8. The minimum atomic E-state index is -0.474. The molecule has 3 rings (SSSR count). The monoisotopic (exact) mass is 376 g/mol. The lowest BCUT2D eigenvalue weighted by Crippen LogP contribution is -2.14. The van der Waals surface area contributed by atoms with Crippen LogP contribution in [0.25, 0.3) is 10.9 Å². The maximum absolute atomic E-state index is 13.8. The highest BCUT2D eigenvalue weighted by Gasteiger charge is 2.08. The first-order valence-electron chi connectivity index (χ1n) is 7.47. The van der Waals surface area contributed by atoms with E-state index in [2.05, 4.69) is 10.3 Å². The summed E-state index contributed by atoms with van der Waals surface area (Å²) in [4.78, 5) is 26.9. The van der Waals surface area contributed by atoms with E-state index in [0.717, 1.165) is 0 Å². The van der Waals surface area contributed by atoms with Crippen molar-refractivity contribution in [2.75, 3.05) is 11.1 Å². The van der Waals surface area contributed by atoms with Crippen molar-refractivity contribution >= 4 is 45.9 Å². The Bertz CT molecular complexity index is 990. The Kier molecular flexibility index (Phi) is 5.40. The number of hydrogen-bond acceptors (Lipinski definition) is 3. The van der Waals surface area contributed by atoms with Crippen LogP contribution in [-0.2, 0) is 10.5 Å². The molecule has 0 saturated carbocycles. The van der Waals surface area contributed by atoms with Crippen LogP contribution in [0, 0.1) is 5.82 Å². The Morgan fingerprint density at radius 2 is 2.00 bits per heavy atom. The first-order chi connectivity index (χ1) is 12.0. The lowest BCUT2D eigenvalue weighted by Gasteiger charge is -2.07. The summed E-state index contributed by atoms with van der Waals surface area (Å²) in [6.07, 6.45) is 0. The van der Waals surface area contributed by atoms with Gasteiger partial charge in [-0.1, -0.05) is 29.8 Å². The zero-order valence-electron chi connectivity index (χ0n) is 13.0. The van der Waals surface area contributed by atoms with Crippen LogP contribution < -0.4 is 10.7 Å². The number of fused-ring (bicyclic) bond motifs is 1. The number of pyridine rings is 1. The second-order valence-electron chi connectivity index (χ2n) is 5.34. The molecular formula is C18H14ClFN2O2S. The van der Waals surface area contributed by atoms with Crippen LogP contribution in [0.5, 0.6) is 0 Å². The Labute approximate surface area is 152 Å². The van der Waals surface area contributed by atoms with Gasteiger partial charge in [-0.05, 0) is 24.3 Å². The van der Waals surface area contributed by atoms with Gasteiger partial charge in [0.05, 0.1) is 22.0 Å². The standard InChI is InChI=1S/C18H14ClFN2O2S/c19-13-5-1-2-7-15(13)22-17(24)10-25-9-11-8-16(23)12-4-3-6-14(20)18(12)21-11/h1-8H,9-10H2,(H,21,23)(H,22,24). The zero-order chi connectivity index (χ0) is 17.8. The summed E-state index contributed by atoms with van der Waals surface area (Å²) in [5, 5.41) is 3.50. The number of anilines is 1. The Hall–Kier alpha value is -2.31. The molecule has 0 bridgehead atoms. The number of amides is 1. The first-order valence-corrected chi connectivity index (χ1v) is 9.00. The highest BCUT2D eigenvalue weighted by molar-refractivity contribution is 7.99. The maximum Gasteiger partial charge on any atom is 0.234 e. The third kappa shape index (κ3) is 4.21. The van der Waals surface area contributed by atoms with Crippen molar-refractivity contribution in [3.05, 3.63) is 75.3 Å². The van der Waals surface area contributed by atoms with E-state index < -0.39 is 5.82 Å². The topological polar surface area (TPSA) is 62.0 Å². The molecule has 0 saturated heterocycles. The fraction of sp³-hybridized carbons (Fsp3) is 0.111. The third-order valence-electron chi connectivity index (χ3n) is 3.51. The molecule has 0 spiro atoms. The Balaban J connectivity index is 1.63. The normalized spacial score (nSPS) is 10.8. The van der Waals surface area contributed by atoms with E-state index in [1.807, 2.05) is 0 Å². The van der Waals surface area contributed by atoms with Crippen LogP contribution in [0.1, 0.15) is 5.69 Å². The van der Waals surface area contributed by atoms with Crippen molar-refractivity contribution in [1.82, 2.24) is 4.98 Å². The molecule has 1 aromatic heterocycles. The predicted molar refractivity (Wildman–Crippen MR) is 101 cm³/mol. The number of aromatic amines is 1. The van der Waals surface area contributed by atoms with Crippen LogP contribution in [0.4, 0.5) is 10.1 Å². The molecule has 25 heavy (non-hydrogen) atoms. The van der Waals surface area contributed by atoms with Gasteiger partial charge in [0, 0.05) is 22.9 Å². The molecule has 0 radical (unpaired) electrons. The summed E-state index contributed by atoms with van der Waals surface area (Å²) in [6.45, 7) is 0. The van der Waals surface area contributed by atoms with Crippen molar-refractivity contribution in [2.45, 2.75) is 5.75 Å². The molecule has 1 amide bonds. The summed E-state index contributed by atoms with van der Waals surface area (Å²) >= 11 is 7.30. The lowest BCUT2D eigenvalue weighted by atomic mass is 10.2. The van der Waals surface area contributed by atoms with Gasteiger partial charge in [-0.3, -0.25) is 9.59 Å². The SMILES string of the molecule is O=C(CSCc1cc(=O)c2cccc(F)c2[nH]1)Nc1ccccc1Cl. The van der Waals surface area contributed by atoms with E-state index in [4.69, 9.17) is 11.6 Å². The fourth-order valence-electron chi connectivity index (χ4n) is 2.37. The Morgan fingerprint density at radius 1 is 1.20 bits per heavy atom. The van der Waals surface area contributed by atoms with Crippen LogP contribution in [-0.4, -0.2) is 16.6 Å². The van der Waals surface area contributed by atoms with E-state index in [1.54, 1.807) is 30.3 Å². The smallest absolute Gasteiger partial charge is 0.234 e. The van der Waals surface area contributed by atoms with Crippen molar-refractivity contribution in [2.24, 2.45) is 0 Å². The molecule has 4 nitrogen and oxygen atoms in total. The van der Waals surface area contributed by atoms with Crippen molar-refractivity contribution in [3.63, 3.8) is 0 Å². The van der Waals surface area contributed by atoms with Gasteiger partial charge < -0.3 is 10.3 Å². The van der Waals surface area contributed by atoms with Gasteiger partial charge in [-0.2, -0.15) is 0 Å². The lowest BCUT2D eigenvalue weighted by molar-refractivity contribution is -0.113. The highest BCUT2D eigenvalue weighted by Crippen LogP contribution is 2.21. The number of benzene rings is 2. The van der Waals surface area contributed by atoms with Gasteiger partial charge in [0.1, 0.15) is 5.82 Å². The molecule has 1 heterocycles. The van der Waals surface area contributed by atoms with E-state index in [9.17, 15) is 14.0 Å². The number of halogens is 2. The minimum Gasteiger partial charge on any atom is -0.355 e. The molecule has 0 aliphatic rings. The predicted octanol–water partition coefficient (Wildman–Crippen LogP) is 4.19. The minimum absolute atomic E-state index is 0.183. The number of nitrogens with one attached hydrogen (secondary N) is 2. The molecule has 128 valence electrons. The van der Waals surface area contributed by atoms with Crippen LogP contribution >= 0.6 is 23.4 Å². The second-order valence-corrected chi connectivity index (χ2v) is 6.73. The number of hydrogen-bond donors (Lipinski definition) is 2. The van der Waals surface area contributed by atoms with E-state index >= 15 is 0 Å². The number of H-pyrrole nitrogens is 1. The summed E-state index contributed by atoms with van der Waals surface area (Å²) in [7, 11) is 0. The fourth-order valence-corrected chi connectivity index (χ4v) is 3.29. The van der Waals surface area contributed by atoms with Crippen LogP contribution in [0.15, 0.2) is 53.3 Å². The molecule has 2 aromatic carbocycles. The summed E-state index contributed by atoms with van der Waals surface area (Å²) in [6, 6.07) is 12.8. The van der Waals surface area contributed by atoms with E-state index in [1.165, 1.54) is 30.0 Å². The first kappa shape index (κ1) is 17.5. The van der Waals surface area contributed by atoms with E-state index in [0.29, 0.717) is 27.5 Å². The number of thioether (sulfide) groups is 1. The quantitative estimate of drug-likeness (QED) is 0.701. The molecule has 0 unspecified atom stereocenters. The van der Waals surface area contributed by atoms with Crippen molar-refractivity contribution in [3.8, 4) is 0 Å². The largest absolute Gasteiger partial charge is 0.355 e. The highest BCUT2D eigenvalue weighted by atomic mass is 35.5. The molecule has 0 aliphatic heterocycles. The molecule has 7 heteroatoms. The Morgan fingerprint density at radius 3 is 2.80 bits per heavy atom. The summed E-state index contributed by atoms with van der Waals surface area (Å²) in [5.74, 6) is -0.108. The molecule has 0 fully saturated rings. The van der Waals surface area contributed by atoms with Gasteiger partial charge >= 0.3 is 0 Å². The number of carbonyl (C=O) groups excluding carboxylic acids is 1. The average Bonchev–Trinajstić information content (AvgIpc) is 2.58. The van der Waals surface area contributed by atoms with Gasteiger partial charge in [0.25, 0.3) is 0 Å². The van der Waals surface area contributed by atoms with E-state index in [-0.39, 0.29) is 22.6 Å². The van der Waals surface area contributed by atoms with Gasteiger partial charge in [-0.25, -0.2) is 4.39 Å². The number of rotatable bonds is 5.